The van der Waals surface area contributed by atoms with Crippen LogP contribution in [0.4, 0.5) is 0 Å². The van der Waals surface area contributed by atoms with Gasteiger partial charge in [0.2, 0.25) is 5.78 Å². The van der Waals surface area contributed by atoms with Crippen LogP contribution in [0.2, 0.25) is 5.02 Å². The fraction of sp³-hybridized carbons (Fsp3) is 0.182. The summed E-state index contributed by atoms with van der Waals surface area (Å²) in [6.07, 6.45) is 0. The van der Waals surface area contributed by atoms with E-state index >= 15 is 0 Å². The molecule has 0 heterocycles. The summed E-state index contributed by atoms with van der Waals surface area (Å²) < 4.78 is 0. The van der Waals surface area contributed by atoms with Crippen molar-refractivity contribution in [1.29, 1.82) is 0 Å². The zero-order chi connectivity index (χ0) is 12.3. The maximum atomic E-state index is 11.7. The molecule has 1 atom stereocenters. The summed E-state index contributed by atoms with van der Waals surface area (Å²) in [6.45, 7) is 1.27. The van der Waals surface area contributed by atoms with Crippen molar-refractivity contribution in [2.24, 2.45) is 5.92 Å². The monoisotopic (exact) mass is 240 g/mol. The fourth-order valence-electron chi connectivity index (χ4n) is 1.17. The first-order chi connectivity index (χ1) is 7.43. The molecule has 4 nitrogen and oxygen atoms in total. The maximum absolute atomic E-state index is 11.7. The molecule has 0 radical (unpaired) electrons. The quantitative estimate of drug-likeness (QED) is 0.495. The van der Waals surface area contributed by atoms with Crippen molar-refractivity contribution in [3.63, 3.8) is 0 Å². The normalized spacial score (nSPS) is 11.9. The molecular formula is C11H9ClO4. The van der Waals surface area contributed by atoms with E-state index < -0.39 is 23.5 Å². The number of carboxylic acids is 1. The van der Waals surface area contributed by atoms with E-state index in [2.05, 4.69) is 0 Å². The molecule has 1 unspecified atom stereocenters. The number of carboxylic acid groups (broad SMARTS) is 1. The van der Waals surface area contributed by atoms with Gasteiger partial charge in [0.25, 0.3) is 0 Å². The lowest BCUT2D eigenvalue weighted by atomic mass is 9.95. The van der Waals surface area contributed by atoms with Crippen molar-refractivity contribution in [3.8, 4) is 0 Å². The standard InChI is InChI=1S/C11H9ClO4/c1-6(10(14)11(15)16)9(13)7-2-4-8(12)5-3-7/h2-6H,1H3,(H,15,16). The SMILES string of the molecule is CC(C(=O)C(=O)O)C(=O)c1ccc(Cl)cc1. The van der Waals surface area contributed by atoms with Gasteiger partial charge in [-0.25, -0.2) is 4.79 Å². The summed E-state index contributed by atoms with van der Waals surface area (Å²) in [5, 5.41) is 8.94. The number of halogens is 1. The van der Waals surface area contributed by atoms with Gasteiger partial charge in [-0.2, -0.15) is 0 Å². The minimum Gasteiger partial charge on any atom is -0.475 e. The third-order valence-corrected chi connectivity index (χ3v) is 2.38. The van der Waals surface area contributed by atoms with Crippen LogP contribution < -0.4 is 0 Å². The Morgan fingerprint density at radius 2 is 1.69 bits per heavy atom. The Morgan fingerprint density at radius 3 is 2.12 bits per heavy atom. The first-order valence-electron chi connectivity index (χ1n) is 4.50. The Kier molecular flexibility index (Phi) is 3.79. The van der Waals surface area contributed by atoms with Gasteiger partial charge in [0.05, 0.1) is 5.92 Å². The summed E-state index contributed by atoms with van der Waals surface area (Å²) in [7, 11) is 0. The van der Waals surface area contributed by atoms with E-state index in [-0.39, 0.29) is 5.56 Å². The number of hydrogen-bond acceptors (Lipinski definition) is 3. The number of carbonyl (C=O) groups is 3. The highest BCUT2D eigenvalue weighted by Crippen LogP contribution is 2.14. The third-order valence-electron chi connectivity index (χ3n) is 2.13. The molecule has 0 saturated heterocycles. The first-order valence-corrected chi connectivity index (χ1v) is 4.88. The highest BCUT2D eigenvalue weighted by molar-refractivity contribution is 6.38. The van der Waals surface area contributed by atoms with Crippen molar-refractivity contribution >= 4 is 29.1 Å². The van der Waals surface area contributed by atoms with Gasteiger partial charge in [-0.05, 0) is 31.2 Å². The molecule has 1 N–H and O–H groups in total. The number of Topliss-reactive ketones (excluding diaryl/α,β-unsaturated/α-hetero) is 2. The zero-order valence-electron chi connectivity index (χ0n) is 8.44. The lowest BCUT2D eigenvalue weighted by Gasteiger charge is -2.06. The molecular weight excluding hydrogens is 232 g/mol. The Bertz CT molecular complexity index is 436. The number of carbonyl (C=O) groups excluding carboxylic acids is 2. The van der Waals surface area contributed by atoms with Crippen LogP contribution in [0, 0.1) is 5.92 Å². The smallest absolute Gasteiger partial charge is 0.372 e. The molecule has 0 bridgehead atoms. The van der Waals surface area contributed by atoms with Gasteiger partial charge >= 0.3 is 5.97 Å². The average Bonchev–Trinajstić information content (AvgIpc) is 2.27. The van der Waals surface area contributed by atoms with Gasteiger partial charge in [0.15, 0.2) is 5.78 Å². The Hall–Kier alpha value is -1.68. The van der Waals surface area contributed by atoms with E-state index in [1.54, 1.807) is 0 Å². The number of benzene rings is 1. The maximum Gasteiger partial charge on any atom is 0.372 e. The fourth-order valence-corrected chi connectivity index (χ4v) is 1.29. The molecule has 16 heavy (non-hydrogen) atoms. The van der Waals surface area contributed by atoms with E-state index in [0.717, 1.165) is 0 Å². The molecule has 0 aliphatic heterocycles. The van der Waals surface area contributed by atoms with Crippen molar-refractivity contribution in [2.45, 2.75) is 6.92 Å². The van der Waals surface area contributed by atoms with Gasteiger partial charge in [-0.15, -0.1) is 0 Å². The summed E-state index contributed by atoms with van der Waals surface area (Å²) in [5.74, 6) is -4.42. The molecule has 1 rings (SSSR count). The molecule has 84 valence electrons. The predicted molar refractivity (Wildman–Crippen MR) is 57.6 cm³/mol. The second-order valence-corrected chi connectivity index (χ2v) is 3.70. The average molecular weight is 241 g/mol. The van der Waals surface area contributed by atoms with Gasteiger partial charge in [-0.3, -0.25) is 9.59 Å². The second kappa shape index (κ2) is 4.90. The van der Waals surface area contributed by atoms with Gasteiger partial charge in [0, 0.05) is 10.6 Å². The van der Waals surface area contributed by atoms with E-state index in [1.165, 1.54) is 31.2 Å². The molecule has 0 aliphatic rings. The molecule has 0 aliphatic carbocycles. The van der Waals surface area contributed by atoms with Crippen LogP contribution in [0.3, 0.4) is 0 Å². The largest absolute Gasteiger partial charge is 0.475 e. The van der Waals surface area contributed by atoms with Crippen LogP contribution in [-0.2, 0) is 9.59 Å². The molecule has 1 aromatic rings. The van der Waals surface area contributed by atoms with E-state index in [0.29, 0.717) is 5.02 Å². The Morgan fingerprint density at radius 1 is 1.19 bits per heavy atom. The molecule has 0 saturated carbocycles. The summed E-state index contributed by atoms with van der Waals surface area (Å²) >= 11 is 5.64. The van der Waals surface area contributed by atoms with Gasteiger partial charge in [-0.1, -0.05) is 11.6 Å². The minimum atomic E-state index is -1.60. The van der Waals surface area contributed by atoms with E-state index in [9.17, 15) is 14.4 Å². The van der Waals surface area contributed by atoms with Gasteiger partial charge in [0.1, 0.15) is 0 Å². The third kappa shape index (κ3) is 2.67. The molecule has 0 aromatic heterocycles. The zero-order valence-corrected chi connectivity index (χ0v) is 9.19. The lowest BCUT2D eigenvalue weighted by molar-refractivity contribution is -0.150. The van der Waals surface area contributed by atoms with E-state index in [1.807, 2.05) is 0 Å². The van der Waals surface area contributed by atoms with Crippen molar-refractivity contribution in [1.82, 2.24) is 0 Å². The van der Waals surface area contributed by atoms with Gasteiger partial charge < -0.3 is 5.11 Å². The van der Waals surface area contributed by atoms with Crippen LogP contribution in [-0.4, -0.2) is 22.6 Å². The summed E-state index contributed by atoms with van der Waals surface area (Å²) in [6, 6.07) is 5.92. The van der Waals surface area contributed by atoms with Crippen LogP contribution in [0.5, 0.6) is 0 Å². The number of ketones is 2. The molecule has 1 aromatic carbocycles. The first kappa shape index (κ1) is 12.4. The van der Waals surface area contributed by atoms with Crippen LogP contribution >= 0.6 is 11.6 Å². The van der Waals surface area contributed by atoms with Crippen LogP contribution in [0.1, 0.15) is 17.3 Å². The predicted octanol–water partition coefficient (Wildman–Crippen LogP) is 1.81. The lowest BCUT2D eigenvalue weighted by Crippen LogP contribution is -2.27. The summed E-state index contributed by atoms with van der Waals surface area (Å²) in [4.78, 5) is 33.2. The topological polar surface area (TPSA) is 71.4 Å². The Balaban J connectivity index is 2.90. The Labute approximate surface area is 96.8 Å². The number of hydrogen-bond donors (Lipinski definition) is 1. The van der Waals surface area contributed by atoms with Crippen molar-refractivity contribution < 1.29 is 19.5 Å². The van der Waals surface area contributed by atoms with Crippen LogP contribution in [0.15, 0.2) is 24.3 Å². The highest BCUT2D eigenvalue weighted by Gasteiger charge is 2.27. The molecule has 0 amide bonds. The van der Waals surface area contributed by atoms with Crippen molar-refractivity contribution in [3.05, 3.63) is 34.9 Å². The molecule has 0 fully saturated rings. The second-order valence-electron chi connectivity index (χ2n) is 3.26. The number of aliphatic carboxylic acids is 1. The highest BCUT2D eigenvalue weighted by atomic mass is 35.5. The number of rotatable bonds is 4. The molecule has 0 spiro atoms. The molecule has 5 heteroatoms. The minimum absolute atomic E-state index is 0.270. The van der Waals surface area contributed by atoms with Crippen LogP contribution in [0.25, 0.3) is 0 Å². The summed E-state index contributed by atoms with van der Waals surface area (Å²) in [5.41, 5.74) is 0.270. The van der Waals surface area contributed by atoms with E-state index in [4.69, 9.17) is 16.7 Å². The van der Waals surface area contributed by atoms with Crippen molar-refractivity contribution in [2.75, 3.05) is 0 Å².